The molecule has 0 bridgehead atoms. The Morgan fingerprint density at radius 2 is 2.00 bits per heavy atom. The van der Waals surface area contributed by atoms with E-state index in [9.17, 15) is 4.79 Å². The van der Waals surface area contributed by atoms with Gasteiger partial charge in [-0.3, -0.25) is 4.57 Å². The maximum Gasteiger partial charge on any atom is 0.326 e. The number of nitrogens with zero attached hydrogens (tertiary/aromatic N) is 2. The van der Waals surface area contributed by atoms with E-state index in [1.54, 1.807) is 0 Å². The largest absolute Gasteiger partial charge is 0.326 e. The minimum Gasteiger partial charge on any atom is -0.309 e. The zero-order valence-electron chi connectivity index (χ0n) is 10.4. The Labute approximate surface area is 101 Å². The SMILES string of the molecule is CN(C)CCCCn1c(=O)[nH]c2ccccc21. The van der Waals surface area contributed by atoms with Crippen LogP contribution in [0.3, 0.4) is 0 Å². The fraction of sp³-hybridized carbons (Fsp3) is 0.462. The van der Waals surface area contributed by atoms with Crippen molar-refractivity contribution in [3.63, 3.8) is 0 Å². The first-order valence-corrected chi connectivity index (χ1v) is 6.01. The smallest absolute Gasteiger partial charge is 0.309 e. The lowest BCUT2D eigenvalue weighted by atomic mass is 10.3. The second kappa shape index (κ2) is 5.19. The maximum atomic E-state index is 11.8. The maximum absolute atomic E-state index is 11.8. The molecule has 0 amide bonds. The molecule has 1 aromatic carbocycles. The molecular weight excluding hydrogens is 214 g/mol. The summed E-state index contributed by atoms with van der Waals surface area (Å²) in [5, 5.41) is 0. The summed E-state index contributed by atoms with van der Waals surface area (Å²) in [5.74, 6) is 0. The topological polar surface area (TPSA) is 41.0 Å². The van der Waals surface area contributed by atoms with Crippen LogP contribution in [0.2, 0.25) is 0 Å². The van der Waals surface area contributed by atoms with Gasteiger partial charge < -0.3 is 9.88 Å². The summed E-state index contributed by atoms with van der Waals surface area (Å²) in [6.07, 6.45) is 2.14. The van der Waals surface area contributed by atoms with Gasteiger partial charge in [0.05, 0.1) is 11.0 Å². The van der Waals surface area contributed by atoms with Crippen molar-refractivity contribution in [2.45, 2.75) is 19.4 Å². The number of imidazole rings is 1. The lowest BCUT2D eigenvalue weighted by Crippen LogP contribution is -2.18. The molecule has 0 aliphatic heterocycles. The molecule has 92 valence electrons. The van der Waals surface area contributed by atoms with E-state index >= 15 is 0 Å². The quantitative estimate of drug-likeness (QED) is 0.798. The van der Waals surface area contributed by atoms with Gasteiger partial charge in [-0.2, -0.15) is 0 Å². The molecule has 0 saturated carbocycles. The number of hydrogen-bond acceptors (Lipinski definition) is 2. The van der Waals surface area contributed by atoms with Gasteiger partial charge in [0.1, 0.15) is 0 Å². The predicted octanol–water partition coefficient (Wildman–Crippen LogP) is 1.67. The summed E-state index contributed by atoms with van der Waals surface area (Å²) in [4.78, 5) is 16.8. The van der Waals surface area contributed by atoms with Gasteiger partial charge in [-0.25, -0.2) is 4.79 Å². The third-order valence-electron chi connectivity index (χ3n) is 2.92. The summed E-state index contributed by atoms with van der Waals surface area (Å²) >= 11 is 0. The molecule has 0 fully saturated rings. The van der Waals surface area contributed by atoms with Crippen molar-refractivity contribution in [1.82, 2.24) is 14.5 Å². The van der Waals surface area contributed by atoms with Crippen LogP contribution in [0.15, 0.2) is 29.1 Å². The van der Waals surface area contributed by atoms with Gasteiger partial charge in [0.2, 0.25) is 0 Å². The predicted molar refractivity (Wildman–Crippen MR) is 70.3 cm³/mol. The number of H-pyrrole nitrogens is 1. The Morgan fingerprint density at radius 1 is 1.24 bits per heavy atom. The van der Waals surface area contributed by atoms with Crippen molar-refractivity contribution >= 4 is 11.0 Å². The molecule has 17 heavy (non-hydrogen) atoms. The van der Waals surface area contributed by atoms with Gasteiger partial charge in [-0.05, 0) is 45.6 Å². The second-order valence-corrected chi connectivity index (χ2v) is 4.61. The number of aryl methyl sites for hydroxylation is 1. The van der Waals surface area contributed by atoms with E-state index in [4.69, 9.17) is 0 Å². The Morgan fingerprint density at radius 3 is 2.76 bits per heavy atom. The molecule has 2 rings (SSSR count). The number of nitrogens with one attached hydrogen (secondary N) is 1. The van der Waals surface area contributed by atoms with Crippen LogP contribution in [0.5, 0.6) is 0 Å². The average molecular weight is 233 g/mol. The normalized spacial score (nSPS) is 11.5. The van der Waals surface area contributed by atoms with E-state index in [2.05, 4.69) is 24.0 Å². The molecule has 0 unspecified atom stereocenters. The third kappa shape index (κ3) is 2.77. The fourth-order valence-electron chi connectivity index (χ4n) is 2.03. The van der Waals surface area contributed by atoms with Crippen molar-refractivity contribution in [3.8, 4) is 0 Å². The lowest BCUT2D eigenvalue weighted by molar-refractivity contribution is 0.388. The van der Waals surface area contributed by atoms with Crippen LogP contribution in [0.25, 0.3) is 11.0 Å². The minimum atomic E-state index is -0.00365. The number of rotatable bonds is 5. The standard InChI is InChI=1S/C13H19N3O/c1-15(2)9-5-6-10-16-12-8-4-3-7-11(12)14-13(16)17/h3-4,7-8H,5-6,9-10H2,1-2H3,(H,14,17). The Kier molecular flexibility index (Phi) is 3.64. The fourth-order valence-corrected chi connectivity index (χ4v) is 2.03. The molecule has 0 aliphatic rings. The molecule has 0 saturated heterocycles. The van der Waals surface area contributed by atoms with Crippen molar-refractivity contribution in [2.24, 2.45) is 0 Å². The number of aromatic amines is 1. The van der Waals surface area contributed by atoms with Crippen LogP contribution in [0.4, 0.5) is 0 Å². The summed E-state index contributed by atoms with van der Waals surface area (Å²) in [6.45, 7) is 1.85. The van der Waals surface area contributed by atoms with Crippen LogP contribution in [-0.4, -0.2) is 35.1 Å². The molecule has 1 aromatic heterocycles. The number of unbranched alkanes of at least 4 members (excludes halogenated alkanes) is 1. The van der Waals surface area contributed by atoms with Crippen LogP contribution in [0.1, 0.15) is 12.8 Å². The molecular formula is C13H19N3O. The minimum absolute atomic E-state index is 0.00365. The molecule has 0 radical (unpaired) electrons. The summed E-state index contributed by atoms with van der Waals surface area (Å²) in [5.41, 5.74) is 1.92. The lowest BCUT2D eigenvalue weighted by Gasteiger charge is -2.09. The highest BCUT2D eigenvalue weighted by Crippen LogP contribution is 2.09. The highest BCUT2D eigenvalue weighted by molar-refractivity contribution is 5.74. The second-order valence-electron chi connectivity index (χ2n) is 4.61. The summed E-state index contributed by atoms with van der Waals surface area (Å²) in [7, 11) is 4.13. The highest BCUT2D eigenvalue weighted by atomic mass is 16.1. The molecule has 0 atom stereocenters. The molecule has 2 aromatic rings. The Hall–Kier alpha value is -1.55. The van der Waals surface area contributed by atoms with Crippen molar-refractivity contribution < 1.29 is 0 Å². The van der Waals surface area contributed by atoms with Gasteiger partial charge >= 0.3 is 5.69 Å². The summed E-state index contributed by atoms with van der Waals surface area (Å²) < 4.78 is 1.82. The molecule has 4 nitrogen and oxygen atoms in total. The van der Waals surface area contributed by atoms with E-state index in [0.717, 1.165) is 37.0 Å². The number of para-hydroxylation sites is 2. The van der Waals surface area contributed by atoms with E-state index in [1.165, 1.54) is 0 Å². The van der Waals surface area contributed by atoms with Crippen molar-refractivity contribution in [3.05, 3.63) is 34.7 Å². The summed E-state index contributed by atoms with van der Waals surface area (Å²) in [6, 6.07) is 7.83. The Balaban J connectivity index is 2.08. The first-order valence-electron chi connectivity index (χ1n) is 6.01. The molecule has 0 aliphatic carbocycles. The molecule has 1 N–H and O–H groups in total. The monoisotopic (exact) mass is 233 g/mol. The van der Waals surface area contributed by atoms with E-state index in [1.807, 2.05) is 28.8 Å². The average Bonchev–Trinajstić information content (AvgIpc) is 2.60. The number of fused-ring (bicyclic) bond motifs is 1. The van der Waals surface area contributed by atoms with Crippen molar-refractivity contribution in [2.75, 3.05) is 20.6 Å². The highest BCUT2D eigenvalue weighted by Gasteiger charge is 2.04. The first kappa shape index (κ1) is 11.9. The Bertz CT molecular complexity index is 539. The zero-order chi connectivity index (χ0) is 12.3. The molecule has 1 heterocycles. The van der Waals surface area contributed by atoms with E-state index in [-0.39, 0.29) is 5.69 Å². The zero-order valence-corrected chi connectivity index (χ0v) is 10.4. The van der Waals surface area contributed by atoms with Crippen LogP contribution in [-0.2, 0) is 6.54 Å². The molecule has 0 spiro atoms. The van der Waals surface area contributed by atoms with Gasteiger partial charge in [0.25, 0.3) is 0 Å². The number of hydrogen-bond donors (Lipinski definition) is 1. The number of aromatic nitrogens is 2. The van der Waals surface area contributed by atoms with Crippen LogP contribution < -0.4 is 5.69 Å². The van der Waals surface area contributed by atoms with Crippen LogP contribution in [0, 0.1) is 0 Å². The van der Waals surface area contributed by atoms with Gasteiger partial charge in [-0.15, -0.1) is 0 Å². The van der Waals surface area contributed by atoms with Gasteiger partial charge in [-0.1, -0.05) is 12.1 Å². The van der Waals surface area contributed by atoms with Gasteiger partial charge in [0, 0.05) is 6.54 Å². The van der Waals surface area contributed by atoms with E-state index < -0.39 is 0 Å². The van der Waals surface area contributed by atoms with Gasteiger partial charge in [0.15, 0.2) is 0 Å². The van der Waals surface area contributed by atoms with Crippen LogP contribution >= 0.6 is 0 Å². The third-order valence-corrected chi connectivity index (χ3v) is 2.92. The molecule has 4 heteroatoms. The number of benzene rings is 1. The van der Waals surface area contributed by atoms with Crippen molar-refractivity contribution in [1.29, 1.82) is 0 Å². The first-order chi connectivity index (χ1) is 8.18. The van der Waals surface area contributed by atoms with E-state index in [0.29, 0.717) is 0 Å².